The number of aryl methyl sites for hydroxylation is 1. The number of carbonyl (C=O) groups is 1. The second-order valence-corrected chi connectivity index (χ2v) is 5.95. The van der Waals surface area contributed by atoms with Crippen LogP contribution in [0.2, 0.25) is 0 Å². The van der Waals surface area contributed by atoms with E-state index in [2.05, 4.69) is 10.3 Å². The Kier molecular flexibility index (Phi) is 6.94. The van der Waals surface area contributed by atoms with Crippen molar-refractivity contribution in [2.24, 2.45) is 7.05 Å². The lowest BCUT2D eigenvalue weighted by Crippen LogP contribution is -2.32. The van der Waals surface area contributed by atoms with E-state index in [4.69, 9.17) is 4.74 Å². The normalized spacial score (nSPS) is 12.7. The van der Waals surface area contributed by atoms with E-state index in [0.29, 0.717) is 13.2 Å². The van der Waals surface area contributed by atoms with Gasteiger partial charge in [0.05, 0.1) is 11.4 Å². The van der Waals surface area contributed by atoms with E-state index in [1.165, 1.54) is 11.8 Å². The van der Waals surface area contributed by atoms with Crippen molar-refractivity contribution in [3.05, 3.63) is 12.4 Å². The monoisotopic (exact) mass is 285 g/mol. The number of nitrogens with one attached hydrogen (secondary N) is 1. The molecule has 1 amide bonds. The summed E-state index contributed by atoms with van der Waals surface area (Å²) >= 11 is 1.46. The van der Waals surface area contributed by atoms with Gasteiger partial charge in [0.25, 0.3) is 0 Å². The van der Waals surface area contributed by atoms with Crippen molar-refractivity contribution < 1.29 is 9.53 Å². The number of imidazole rings is 1. The third-order valence-electron chi connectivity index (χ3n) is 2.50. The van der Waals surface area contributed by atoms with Crippen LogP contribution in [0, 0.1) is 0 Å². The highest BCUT2D eigenvalue weighted by molar-refractivity contribution is 8.00. The van der Waals surface area contributed by atoms with Crippen LogP contribution in [0.3, 0.4) is 0 Å². The number of nitrogens with zero attached hydrogens (tertiary/aromatic N) is 2. The van der Waals surface area contributed by atoms with Crippen LogP contribution in [0.4, 0.5) is 0 Å². The summed E-state index contributed by atoms with van der Waals surface area (Å²) in [5, 5.41) is 3.62. The van der Waals surface area contributed by atoms with E-state index in [0.717, 1.165) is 11.6 Å². The molecule has 0 bridgehead atoms. The van der Waals surface area contributed by atoms with Gasteiger partial charge in [-0.15, -0.1) is 0 Å². The van der Waals surface area contributed by atoms with Crippen molar-refractivity contribution >= 4 is 17.7 Å². The largest absolute Gasteiger partial charge is 0.379 e. The molecule has 0 saturated heterocycles. The van der Waals surface area contributed by atoms with E-state index in [1.807, 2.05) is 38.6 Å². The predicted molar refractivity (Wildman–Crippen MR) is 77.2 cm³/mol. The van der Waals surface area contributed by atoms with Crippen molar-refractivity contribution in [2.45, 2.75) is 43.7 Å². The second-order valence-electron chi connectivity index (χ2n) is 4.64. The lowest BCUT2D eigenvalue weighted by atomic mass is 10.4. The molecule has 0 spiro atoms. The van der Waals surface area contributed by atoms with E-state index in [1.54, 1.807) is 6.20 Å². The summed E-state index contributed by atoms with van der Waals surface area (Å²) < 4.78 is 7.32. The fraction of sp³-hybridized carbons (Fsp3) is 0.692. The van der Waals surface area contributed by atoms with Crippen LogP contribution < -0.4 is 5.32 Å². The minimum Gasteiger partial charge on any atom is -0.379 e. The van der Waals surface area contributed by atoms with E-state index >= 15 is 0 Å². The highest BCUT2D eigenvalue weighted by Crippen LogP contribution is 2.20. The maximum absolute atomic E-state index is 11.9. The Morgan fingerprint density at radius 1 is 1.53 bits per heavy atom. The zero-order chi connectivity index (χ0) is 14.3. The molecule has 1 N–H and O–H groups in total. The molecule has 1 atom stereocenters. The Labute approximate surface area is 119 Å². The molecule has 108 valence electrons. The zero-order valence-electron chi connectivity index (χ0n) is 12.0. The average molecular weight is 285 g/mol. The van der Waals surface area contributed by atoms with Gasteiger partial charge in [-0.05, 0) is 27.2 Å². The lowest BCUT2D eigenvalue weighted by Gasteiger charge is -2.12. The van der Waals surface area contributed by atoms with Gasteiger partial charge in [0.1, 0.15) is 0 Å². The second kappa shape index (κ2) is 8.22. The molecule has 1 unspecified atom stereocenters. The van der Waals surface area contributed by atoms with Crippen molar-refractivity contribution in [1.82, 2.24) is 14.9 Å². The van der Waals surface area contributed by atoms with Crippen LogP contribution in [-0.2, 0) is 16.6 Å². The van der Waals surface area contributed by atoms with Crippen LogP contribution in [-0.4, -0.2) is 40.0 Å². The number of ether oxygens (including phenoxy) is 1. The maximum Gasteiger partial charge on any atom is 0.233 e. The fourth-order valence-electron chi connectivity index (χ4n) is 1.42. The topological polar surface area (TPSA) is 56.1 Å². The molecule has 5 nitrogen and oxygen atoms in total. The molecular weight excluding hydrogens is 262 g/mol. The SMILES string of the molecule is CC(C)OCCCNC(=O)C(C)Sc1nccn1C. The van der Waals surface area contributed by atoms with Crippen molar-refractivity contribution in [1.29, 1.82) is 0 Å². The van der Waals surface area contributed by atoms with Crippen molar-refractivity contribution in [2.75, 3.05) is 13.2 Å². The van der Waals surface area contributed by atoms with E-state index < -0.39 is 0 Å². The Balaban J connectivity index is 2.20. The van der Waals surface area contributed by atoms with Crippen LogP contribution in [0.25, 0.3) is 0 Å². The molecule has 0 aromatic carbocycles. The van der Waals surface area contributed by atoms with E-state index in [9.17, 15) is 4.79 Å². The lowest BCUT2D eigenvalue weighted by molar-refractivity contribution is -0.120. The van der Waals surface area contributed by atoms with Gasteiger partial charge in [0, 0.05) is 32.6 Å². The number of thioether (sulfide) groups is 1. The van der Waals surface area contributed by atoms with Gasteiger partial charge in [-0.3, -0.25) is 4.79 Å². The Morgan fingerprint density at radius 3 is 2.84 bits per heavy atom. The van der Waals surface area contributed by atoms with Gasteiger partial charge in [-0.2, -0.15) is 0 Å². The number of hydrogen-bond donors (Lipinski definition) is 1. The van der Waals surface area contributed by atoms with Gasteiger partial charge < -0.3 is 14.6 Å². The Hall–Kier alpha value is -1.01. The Bertz CT molecular complexity index is 393. The summed E-state index contributed by atoms with van der Waals surface area (Å²) in [4.78, 5) is 16.1. The van der Waals surface area contributed by atoms with Crippen molar-refractivity contribution in [3.63, 3.8) is 0 Å². The number of hydrogen-bond acceptors (Lipinski definition) is 4. The van der Waals surface area contributed by atoms with Crippen LogP contribution in [0.5, 0.6) is 0 Å². The predicted octanol–water partition coefficient (Wildman–Crippen LogP) is 1.83. The van der Waals surface area contributed by atoms with Crippen molar-refractivity contribution in [3.8, 4) is 0 Å². The Morgan fingerprint density at radius 2 is 2.26 bits per heavy atom. The number of carbonyl (C=O) groups excluding carboxylic acids is 1. The van der Waals surface area contributed by atoms with E-state index in [-0.39, 0.29) is 17.3 Å². The molecule has 0 radical (unpaired) electrons. The molecule has 1 heterocycles. The summed E-state index contributed by atoms with van der Waals surface area (Å²) in [6.45, 7) is 7.23. The summed E-state index contributed by atoms with van der Waals surface area (Å²) in [5.74, 6) is 0.0394. The zero-order valence-corrected chi connectivity index (χ0v) is 12.9. The number of amides is 1. The highest BCUT2D eigenvalue weighted by Gasteiger charge is 2.15. The average Bonchev–Trinajstić information content (AvgIpc) is 2.74. The molecule has 0 fully saturated rings. The fourth-order valence-corrected chi connectivity index (χ4v) is 2.28. The molecule has 0 aliphatic heterocycles. The minimum atomic E-state index is -0.146. The molecular formula is C13H23N3O2S. The molecule has 1 aromatic rings. The van der Waals surface area contributed by atoms with Gasteiger partial charge in [-0.1, -0.05) is 11.8 Å². The molecule has 19 heavy (non-hydrogen) atoms. The summed E-state index contributed by atoms with van der Waals surface area (Å²) in [6.07, 6.45) is 4.68. The van der Waals surface area contributed by atoms with Crippen LogP contribution in [0.1, 0.15) is 27.2 Å². The maximum atomic E-state index is 11.9. The highest BCUT2D eigenvalue weighted by atomic mass is 32.2. The third-order valence-corrected chi connectivity index (χ3v) is 3.67. The summed E-state index contributed by atoms with van der Waals surface area (Å²) in [6, 6.07) is 0. The first-order chi connectivity index (χ1) is 9.00. The molecule has 1 aromatic heterocycles. The summed E-state index contributed by atoms with van der Waals surface area (Å²) in [7, 11) is 1.92. The first-order valence-corrected chi connectivity index (χ1v) is 7.42. The minimum absolute atomic E-state index is 0.0394. The summed E-state index contributed by atoms with van der Waals surface area (Å²) in [5.41, 5.74) is 0. The third kappa shape index (κ3) is 6.11. The van der Waals surface area contributed by atoms with Crippen LogP contribution >= 0.6 is 11.8 Å². The van der Waals surface area contributed by atoms with Gasteiger partial charge in [0.2, 0.25) is 5.91 Å². The standard InChI is InChI=1S/C13H23N3O2S/c1-10(2)18-9-5-6-14-12(17)11(3)19-13-15-7-8-16(13)4/h7-8,10-11H,5-6,9H2,1-4H3,(H,14,17). The van der Waals surface area contributed by atoms with Crippen LogP contribution in [0.15, 0.2) is 17.6 Å². The van der Waals surface area contributed by atoms with Gasteiger partial charge in [-0.25, -0.2) is 4.98 Å². The first-order valence-electron chi connectivity index (χ1n) is 6.54. The molecule has 6 heteroatoms. The molecule has 0 aliphatic rings. The first kappa shape index (κ1) is 16.0. The van der Waals surface area contributed by atoms with Gasteiger partial charge >= 0.3 is 0 Å². The van der Waals surface area contributed by atoms with Gasteiger partial charge in [0.15, 0.2) is 5.16 Å². The smallest absolute Gasteiger partial charge is 0.233 e. The molecule has 0 aliphatic carbocycles. The molecule has 0 saturated carbocycles. The number of rotatable bonds is 8. The number of aromatic nitrogens is 2. The molecule has 1 rings (SSSR count). The quantitative estimate of drug-likeness (QED) is 0.585.